The maximum Gasteiger partial charge on any atom is 0.132 e. The van der Waals surface area contributed by atoms with Crippen LogP contribution in [0.1, 0.15) is 11.1 Å². The fraction of sp³-hybridized carbons (Fsp3) is 0. The monoisotopic (exact) mass is 316 g/mol. The highest BCUT2D eigenvalue weighted by atomic mass is 79.9. The Labute approximate surface area is 119 Å². The lowest BCUT2D eigenvalue weighted by Crippen LogP contribution is -2.03. The van der Waals surface area contributed by atoms with Gasteiger partial charge in [-0.1, -0.05) is 46.3 Å². The summed E-state index contributed by atoms with van der Waals surface area (Å²) in [6.07, 6.45) is 0. The zero-order valence-electron chi connectivity index (χ0n) is 9.90. The molecule has 0 amide bonds. The van der Waals surface area contributed by atoms with E-state index in [-0.39, 0.29) is 16.8 Å². The van der Waals surface area contributed by atoms with Crippen LogP contribution in [0.2, 0.25) is 0 Å². The number of nitrogens with zero attached hydrogens (tertiary/aromatic N) is 1. The molecule has 0 aromatic heterocycles. The van der Waals surface area contributed by atoms with E-state index >= 15 is 0 Å². The molecule has 0 aliphatic carbocycles. The molecule has 0 aliphatic rings. The van der Waals surface area contributed by atoms with Crippen LogP contribution in [-0.2, 0) is 0 Å². The maximum atomic E-state index is 13.8. The van der Waals surface area contributed by atoms with Crippen LogP contribution in [0.4, 0.5) is 4.39 Å². The molecule has 0 heterocycles. The first-order valence-corrected chi connectivity index (χ1v) is 6.33. The average molecular weight is 317 g/mol. The van der Waals surface area contributed by atoms with Crippen LogP contribution in [0.3, 0.4) is 0 Å². The maximum absolute atomic E-state index is 13.8. The Balaban J connectivity index is 2.62. The molecule has 94 valence electrons. The Morgan fingerprint density at radius 3 is 2.47 bits per heavy atom. The van der Waals surface area contributed by atoms with Crippen molar-refractivity contribution in [1.29, 1.82) is 5.26 Å². The number of benzene rings is 2. The highest BCUT2D eigenvalue weighted by Crippen LogP contribution is 2.26. The molecule has 0 spiro atoms. The van der Waals surface area contributed by atoms with Crippen molar-refractivity contribution in [2.24, 2.45) is 5.73 Å². The van der Waals surface area contributed by atoms with E-state index in [4.69, 9.17) is 5.73 Å². The highest BCUT2D eigenvalue weighted by molar-refractivity contribution is 9.10. The SMILES string of the molecule is N#C/C(=C(/N)c1cc(Br)ccc1F)c1ccccc1. The van der Waals surface area contributed by atoms with Crippen LogP contribution in [0.15, 0.2) is 53.0 Å². The predicted octanol–water partition coefficient (Wildman–Crippen LogP) is 3.94. The first-order chi connectivity index (χ1) is 9.13. The lowest BCUT2D eigenvalue weighted by atomic mass is 10.0. The largest absolute Gasteiger partial charge is 0.397 e. The Kier molecular flexibility index (Phi) is 3.98. The molecular weight excluding hydrogens is 307 g/mol. The molecule has 19 heavy (non-hydrogen) atoms. The first-order valence-electron chi connectivity index (χ1n) is 5.54. The van der Waals surface area contributed by atoms with Gasteiger partial charge in [0.25, 0.3) is 0 Å². The number of allylic oxidation sites excluding steroid dienone is 1. The lowest BCUT2D eigenvalue weighted by molar-refractivity contribution is 0.623. The molecule has 0 atom stereocenters. The number of halogens is 2. The zero-order chi connectivity index (χ0) is 13.8. The summed E-state index contributed by atoms with van der Waals surface area (Å²) in [7, 11) is 0. The van der Waals surface area contributed by atoms with Gasteiger partial charge in [0.1, 0.15) is 11.9 Å². The Morgan fingerprint density at radius 2 is 1.84 bits per heavy atom. The second-order valence-electron chi connectivity index (χ2n) is 3.89. The normalized spacial score (nSPS) is 11.6. The number of nitriles is 1. The lowest BCUT2D eigenvalue weighted by Gasteiger charge is -2.08. The van der Waals surface area contributed by atoms with E-state index in [1.807, 2.05) is 12.1 Å². The quantitative estimate of drug-likeness (QED) is 0.674. The van der Waals surface area contributed by atoms with Crippen LogP contribution in [-0.4, -0.2) is 0 Å². The number of hydrogen-bond donors (Lipinski definition) is 1. The van der Waals surface area contributed by atoms with Gasteiger partial charge in [-0.15, -0.1) is 0 Å². The molecule has 2 rings (SSSR count). The third-order valence-electron chi connectivity index (χ3n) is 2.66. The summed E-state index contributed by atoms with van der Waals surface area (Å²) in [5.41, 5.74) is 7.23. The Hall–Kier alpha value is -2.12. The molecule has 4 heteroatoms. The molecule has 0 unspecified atom stereocenters. The fourth-order valence-corrected chi connectivity index (χ4v) is 2.08. The van der Waals surface area contributed by atoms with Crippen LogP contribution in [0, 0.1) is 17.1 Å². The second kappa shape index (κ2) is 5.68. The smallest absolute Gasteiger partial charge is 0.132 e. The van der Waals surface area contributed by atoms with Crippen LogP contribution >= 0.6 is 15.9 Å². The van der Waals surface area contributed by atoms with Gasteiger partial charge in [-0.05, 0) is 23.8 Å². The second-order valence-corrected chi connectivity index (χ2v) is 4.81. The number of rotatable bonds is 2. The molecular formula is C15H10BrFN2. The summed E-state index contributed by atoms with van der Waals surface area (Å²) in [4.78, 5) is 0. The van der Waals surface area contributed by atoms with Crippen molar-refractivity contribution >= 4 is 27.2 Å². The summed E-state index contributed by atoms with van der Waals surface area (Å²) in [6.45, 7) is 0. The van der Waals surface area contributed by atoms with Gasteiger partial charge in [-0.2, -0.15) is 5.26 Å². The predicted molar refractivity (Wildman–Crippen MR) is 77.2 cm³/mol. The third kappa shape index (κ3) is 2.83. The van der Waals surface area contributed by atoms with E-state index in [1.54, 1.807) is 36.4 Å². The average Bonchev–Trinajstić information content (AvgIpc) is 2.43. The van der Waals surface area contributed by atoms with Crippen LogP contribution < -0.4 is 5.73 Å². The molecule has 2 N–H and O–H groups in total. The van der Waals surface area contributed by atoms with Crippen molar-refractivity contribution in [3.63, 3.8) is 0 Å². The highest BCUT2D eigenvalue weighted by Gasteiger charge is 2.12. The van der Waals surface area contributed by atoms with E-state index in [0.29, 0.717) is 10.0 Å². The molecule has 0 radical (unpaired) electrons. The molecule has 2 aromatic carbocycles. The Bertz CT molecular complexity index is 672. The van der Waals surface area contributed by atoms with Gasteiger partial charge in [0.2, 0.25) is 0 Å². The number of hydrogen-bond acceptors (Lipinski definition) is 2. The van der Waals surface area contributed by atoms with Crippen molar-refractivity contribution < 1.29 is 4.39 Å². The summed E-state index contributed by atoms with van der Waals surface area (Å²) in [5, 5.41) is 9.25. The van der Waals surface area contributed by atoms with Gasteiger partial charge in [0.15, 0.2) is 0 Å². The fourth-order valence-electron chi connectivity index (χ4n) is 1.72. The van der Waals surface area contributed by atoms with Gasteiger partial charge in [-0.25, -0.2) is 4.39 Å². The topological polar surface area (TPSA) is 49.8 Å². The van der Waals surface area contributed by atoms with E-state index in [9.17, 15) is 9.65 Å². The van der Waals surface area contributed by atoms with Crippen molar-refractivity contribution in [2.75, 3.05) is 0 Å². The van der Waals surface area contributed by atoms with Crippen molar-refractivity contribution in [1.82, 2.24) is 0 Å². The van der Waals surface area contributed by atoms with Gasteiger partial charge in [-0.3, -0.25) is 0 Å². The van der Waals surface area contributed by atoms with E-state index < -0.39 is 5.82 Å². The minimum Gasteiger partial charge on any atom is -0.397 e. The van der Waals surface area contributed by atoms with Gasteiger partial charge in [0.05, 0.1) is 11.3 Å². The third-order valence-corrected chi connectivity index (χ3v) is 3.16. The minimum atomic E-state index is -0.454. The standard InChI is InChI=1S/C15H10BrFN2/c16-11-6-7-14(17)12(8-11)15(19)13(9-18)10-4-2-1-3-5-10/h1-8H,19H2/b15-13-. The van der Waals surface area contributed by atoms with E-state index in [0.717, 1.165) is 0 Å². The van der Waals surface area contributed by atoms with E-state index in [2.05, 4.69) is 15.9 Å². The zero-order valence-corrected chi connectivity index (χ0v) is 11.5. The summed E-state index contributed by atoms with van der Waals surface area (Å²) in [6, 6.07) is 15.5. The first kappa shape index (κ1) is 13.3. The summed E-state index contributed by atoms with van der Waals surface area (Å²) in [5.74, 6) is -0.454. The molecule has 2 nitrogen and oxygen atoms in total. The summed E-state index contributed by atoms with van der Waals surface area (Å²) < 4.78 is 14.5. The van der Waals surface area contributed by atoms with Crippen LogP contribution in [0.5, 0.6) is 0 Å². The van der Waals surface area contributed by atoms with Gasteiger partial charge < -0.3 is 5.73 Å². The van der Waals surface area contributed by atoms with Crippen molar-refractivity contribution in [2.45, 2.75) is 0 Å². The molecule has 0 fully saturated rings. The molecule has 0 saturated heterocycles. The minimum absolute atomic E-state index is 0.132. The van der Waals surface area contributed by atoms with Crippen molar-refractivity contribution in [3.05, 3.63) is 69.9 Å². The van der Waals surface area contributed by atoms with Gasteiger partial charge >= 0.3 is 0 Å². The van der Waals surface area contributed by atoms with Crippen molar-refractivity contribution in [3.8, 4) is 6.07 Å². The molecule has 0 saturated carbocycles. The number of nitrogens with two attached hydrogens (primary N) is 1. The Morgan fingerprint density at radius 1 is 1.16 bits per heavy atom. The van der Waals surface area contributed by atoms with Gasteiger partial charge in [0, 0.05) is 10.0 Å². The van der Waals surface area contributed by atoms with E-state index in [1.165, 1.54) is 6.07 Å². The summed E-state index contributed by atoms with van der Waals surface area (Å²) >= 11 is 3.26. The molecule has 0 aliphatic heterocycles. The molecule has 0 bridgehead atoms. The van der Waals surface area contributed by atoms with Crippen LogP contribution in [0.25, 0.3) is 11.3 Å². The molecule has 2 aromatic rings.